The molecule has 0 bridgehead atoms. The van der Waals surface area contributed by atoms with Gasteiger partial charge in [-0.1, -0.05) is 45.8 Å². The van der Waals surface area contributed by atoms with E-state index < -0.39 is 0 Å². The van der Waals surface area contributed by atoms with Crippen molar-refractivity contribution in [3.8, 4) is 11.5 Å². The van der Waals surface area contributed by atoms with Gasteiger partial charge in [0.25, 0.3) is 0 Å². The molecule has 3 heteroatoms. The first kappa shape index (κ1) is 13.5. The third-order valence-corrected chi connectivity index (χ3v) is 4.09. The first-order valence-electron chi connectivity index (χ1n) is 6.78. The van der Waals surface area contributed by atoms with Crippen molar-refractivity contribution in [1.29, 1.82) is 0 Å². The summed E-state index contributed by atoms with van der Waals surface area (Å²) in [6, 6.07) is 14.5. The molecule has 0 amide bonds. The van der Waals surface area contributed by atoms with Crippen molar-refractivity contribution in [2.45, 2.75) is 24.8 Å². The molecular weight excluding hydrogens is 316 g/mol. The minimum absolute atomic E-state index is 0.111. The van der Waals surface area contributed by atoms with E-state index in [2.05, 4.69) is 53.2 Å². The number of ether oxygens (including phenoxy) is 2. The monoisotopic (exact) mass is 332 g/mol. The lowest BCUT2D eigenvalue weighted by Gasteiger charge is -2.12. The van der Waals surface area contributed by atoms with Gasteiger partial charge in [0.05, 0.1) is 0 Å². The number of hydrogen-bond donors (Lipinski definition) is 0. The Balaban J connectivity index is 1.60. The summed E-state index contributed by atoms with van der Waals surface area (Å²) in [4.78, 5) is 0. The minimum Gasteiger partial charge on any atom is -0.490 e. The van der Waals surface area contributed by atoms with Gasteiger partial charge >= 0.3 is 0 Å². The van der Waals surface area contributed by atoms with Crippen LogP contribution in [0.5, 0.6) is 11.5 Å². The molecule has 3 rings (SSSR count). The highest BCUT2D eigenvalue weighted by atomic mass is 79.9. The number of fused-ring (bicyclic) bond motifs is 1. The summed E-state index contributed by atoms with van der Waals surface area (Å²) in [6.07, 6.45) is 1.04. The normalized spacial score (nSPS) is 16.6. The van der Waals surface area contributed by atoms with Gasteiger partial charge in [-0.15, -0.1) is 0 Å². The molecule has 1 aliphatic heterocycles. The van der Waals surface area contributed by atoms with Crippen LogP contribution in [0.3, 0.4) is 0 Å². The Hall–Kier alpha value is -1.48. The standard InChI is InChI=1S/C17H17BrO2/c1-12-5-6-17-14(7-12)9-16(20-17)11-19-15-4-2-3-13(8-15)10-18/h2-8,16H,9-11H2,1H3. The molecule has 1 atom stereocenters. The Kier molecular flexibility index (Phi) is 3.97. The topological polar surface area (TPSA) is 18.5 Å². The van der Waals surface area contributed by atoms with Crippen molar-refractivity contribution in [3.63, 3.8) is 0 Å². The van der Waals surface area contributed by atoms with E-state index in [1.807, 2.05) is 12.1 Å². The third kappa shape index (κ3) is 2.98. The lowest BCUT2D eigenvalue weighted by molar-refractivity contribution is 0.148. The van der Waals surface area contributed by atoms with Gasteiger partial charge in [0.1, 0.15) is 24.2 Å². The molecule has 1 heterocycles. The van der Waals surface area contributed by atoms with Gasteiger partial charge in [0.15, 0.2) is 0 Å². The largest absolute Gasteiger partial charge is 0.490 e. The maximum atomic E-state index is 5.91. The van der Waals surface area contributed by atoms with Gasteiger partial charge < -0.3 is 9.47 Å². The fourth-order valence-corrected chi connectivity index (χ4v) is 2.80. The van der Waals surface area contributed by atoms with Gasteiger partial charge in [-0.3, -0.25) is 0 Å². The number of aryl methyl sites for hydroxylation is 1. The van der Waals surface area contributed by atoms with Gasteiger partial charge in [-0.25, -0.2) is 0 Å². The molecule has 0 saturated carbocycles. The summed E-state index contributed by atoms with van der Waals surface area (Å²) in [5.41, 5.74) is 3.78. The predicted molar refractivity (Wildman–Crippen MR) is 83.9 cm³/mol. The Labute approximate surface area is 127 Å². The van der Waals surface area contributed by atoms with Gasteiger partial charge in [0.2, 0.25) is 0 Å². The lowest BCUT2D eigenvalue weighted by atomic mass is 10.1. The molecule has 2 nitrogen and oxygen atoms in total. The van der Waals surface area contributed by atoms with Gasteiger partial charge in [0, 0.05) is 11.8 Å². The molecule has 2 aromatic carbocycles. The van der Waals surface area contributed by atoms with Crippen molar-refractivity contribution in [2.24, 2.45) is 0 Å². The molecule has 0 aliphatic carbocycles. The Morgan fingerprint density at radius 2 is 2.15 bits per heavy atom. The summed E-state index contributed by atoms with van der Waals surface area (Å²) in [7, 11) is 0. The first-order valence-corrected chi connectivity index (χ1v) is 7.90. The average Bonchev–Trinajstić information content (AvgIpc) is 2.87. The van der Waals surface area contributed by atoms with Crippen LogP contribution in [0.1, 0.15) is 16.7 Å². The molecule has 20 heavy (non-hydrogen) atoms. The predicted octanol–water partition coefficient (Wildman–Crippen LogP) is 4.27. The number of hydrogen-bond acceptors (Lipinski definition) is 2. The molecule has 0 saturated heterocycles. The zero-order chi connectivity index (χ0) is 13.9. The van der Waals surface area contributed by atoms with Crippen LogP contribution < -0.4 is 9.47 Å². The Morgan fingerprint density at radius 1 is 1.25 bits per heavy atom. The molecule has 1 aliphatic rings. The summed E-state index contributed by atoms with van der Waals surface area (Å²) in [6.45, 7) is 2.69. The highest BCUT2D eigenvalue weighted by molar-refractivity contribution is 9.08. The number of alkyl halides is 1. The van der Waals surface area contributed by atoms with Crippen LogP contribution >= 0.6 is 15.9 Å². The van der Waals surface area contributed by atoms with E-state index in [1.165, 1.54) is 16.7 Å². The molecule has 0 N–H and O–H groups in total. The Morgan fingerprint density at radius 3 is 3.00 bits per heavy atom. The molecule has 0 aromatic heterocycles. The maximum absolute atomic E-state index is 5.91. The van der Waals surface area contributed by atoms with Crippen molar-refractivity contribution in [2.75, 3.05) is 6.61 Å². The van der Waals surface area contributed by atoms with E-state index in [4.69, 9.17) is 9.47 Å². The molecule has 104 valence electrons. The van der Waals surface area contributed by atoms with E-state index in [0.717, 1.165) is 23.2 Å². The SMILES string of the molecule is Cc1ccc2c(c1)CC(COc1cccc(CBr)c1)O2. The molecule has 2 aromatic rings. The van der Waals surface area contributed by atoms with Crippen LogP contribution in [0.2, 0.25) is 0 Å². The number of benzene rings is 2. The third-order valence-electron chi connectivity index (χ3n) is 3.45. The van der Waals surface area contributed by atoms with E-state index in [1.54, 1.807) is 0 Å². The van der Waals surface area contributed by atoms with Gasteiger partial charge in [-0.05, 0) is 36.2 Å². The van der Waals surface area contributed by atoms with Crippen molar-refractivity contribution in [3.05, 3.63) is 59.2 Å². The highest BCUT2D eigenvalue weighted by Crippen LogP contribution is 2.29. The average molecular weight is 333 g/mol. The second-order valence-corrected chi connectivity index (χ2v) is 5.71. The van der Waals surface area contributed by atoms with Crippen molar-refractivity contribution < 1.29 is 9.47 Å². The van der Waals surface area contributed by atoms with Gasteiger partial charge in [-0.2, -0.15) is 0 Å². The summed E-state index contributed by atoms with van der Waals surface area (Å²) >= 11 is 3.46. The van der Waals surface area contributed by atoms with Crippen LogP contribution in [0, 0.1) is 6.92 Å². The Bertz CT molecular complexity index is 610. The fourth-order valence-electron chi connectivity index (χ4n) is 2.45. The second kappa shape index (κ2) is 5.88. The summed E-state index contributed by atoms with van der Waals surface area (Å²) in [5, 5.41) is 0.842. The molecule has 1 unspecified atom stereocenters. The molecule has 0 radical (unpaired) electrons. The number of rotatable bonds is 4. The second-order valence-electron chi connectivity index (χ2n) is 5.15. The van der Waals surface area contributed by atoms with Crippen molar-refractivity contribution in [1.82, 2.24) is 0 Å². The van der Waals surface area contributed by atoms with Crippen LogP contribution in [0.25, 0.3) is 0 Å². The van der Waals surface area contributed by atoms with Crippen LogP contribution in [0.4, 0.5) is 0 Å². The van der Waals surface area contributed by atoms with Crippen molar-refractivity contribution >= 4 is 15.9 Å². The van der Waals surface area contributed by atoms with E-state index in [0.29, 0.717) is 6.61 Å². The summed E-state index contributed by atoms with van der Waals surface area (Å²) < 4.78 is 11.8. The van der Waals surface area contributed by atoms with E-state index in [9.17, 15) is 0 Å². The van der Waals surface area contributed by atoms with Crippen LogP contribution in [0.15, 0.2) is 42.5 Å². The molecule has 0 spiro atoms. The van der Waals surface area contributed by atoms with Crippen LogP contribution in [-0.2, 0) is 11.8 Å². The van der Waals surface area contributed by atoms with E-state index >= 15 is 0 Å². The first-order chi connectivity index (χ1) is 9.74. The molecule has 0 fully saturated rings. The smallest absolute Gasteiger partial charge is 0.137 e. The summed E-state index contributed by atoms with van der Waals surface area (Å²) in [5.74, 6) is 1.90. The fraction of sp³-hybridized carbons (Fsp3) is 0.294. The lowest BCUT2D eigenvalue weighted by Crippen LogP contribution is -2.22. The van der Waals surface area contributed by atoms with E-state index in [-0.39, 0.29) is 6.10 Å². The highest BCUT2D eigenvalue weighted by Gasteiger charge is 2.23. The maximum Gasteiger partial charge on any atom is 0.137 e. The van der Waals surface area contributed by atoms with Crippen LogP contribution in [-0.4, -0.2) is 12.7 Å². The number of halogens is 1. The zero-order valence-corrected chi connectivity index (χ0v) is 13.0. The zero-order valence-electron chi connectivity index (χ0n) is 11.4. The quantitative estimate of drug-likeness (QED) is 0.778. The minimum atomic E-state index is 0.111. The molecular formula is C17H17BrO2.